The Kier molecular flexibility index (Phi) is 4.33. The van der Waals surface area contributed by atoms with Crippen molar-refractivity contribution in [1.82, 2.24) is 15.3 Å². The van der Waals surface area contributed by atoms with Crippen LogP contribution in [0.2, 0.25) is 0 Å². The number of hydrogen-bond donors (Lipinski definition) is 2. The summed E-state index contributed by atoms with van der Waals surface area (Å²) in [6.07, 6.45) is -3.50. The van der Waals surface area contributed by atoms with Crippen LogP contribution in [-0.2, 0) is 11.0 Å². The van der Waals surface area contributed by atoms with Gasteiger partial charge in [0.25, 0.3) is 0 Å². The normalized spacial score (nSPS) is 12.1. The molecule has 0 saturated heterocycles. The molecular formula is C11H15F3N4O. The van der Waals surface area contributed by atoms with Gasteiger partial charge in [0, 0.05) is 19.8 Å². The fourth-order valence-electron chi connectivity index (χ4n) is 1.32. The molecule has 0 bridgehead atoms. The second kappa shape index (κ2) is 5.41. The van der Waals surface area contributed by atoms with Gasteiger partial charge in [0.05, 0.1) is 5.41 Å². The van der Waals surface area contributed by atoms with Crippen LogP contribution < -0.4 is 10.6 Å². The van der Waals surface area contributed by atoms with Crippen LogP contribution in [0, 0.1) is 5.41 Å². The second-order valence-electron chi connectivity index (χ2n) is 4.58. The standard InChI is InChI=1S/C11H15F3N4O/c1-10(2,8(19)15-3)6-17-9-16-5-4-7(18-9)11(12,13)14/h4-5H,6H2,1-3H3,(H,15,19)(H,16,17,18). The Labute approximate surface area is 108 Å². The van der Waals surface area contributed by atoms with E-state index in [2.05, 4.69) is 20.6 Å². The lowest BCUT2D eigenvalue weighted by Crippen LogP contribution is -2.39. The average molecular weight is 276 g/mol. The molecule has 1 heterocycles. The second-order valence-corrected chi connectivity index (χ2v) is 4.58. The van der Waals surface area contributed by atoms with E-state index in [9.17, 15) is 18.0 Å². The van der Waals surface area contributed by atoms with E-state index in [-0.39, 0.29) is 18.4 Å². The zero-order valence-corrected chi connectivity index (χ0v) is 10.8. The molecule has 5 nitrogen and oxygen atoms in total. The predicted octanol–water partition coefficient (Wildman–Crippen LogP) is 1.68. The number of nitrogens with zero attached hydrogens (tertiary/aromatic N) is 2. The number of hydrogen-bond acceptors (Lipinski definition) is 4. The minimum absolute atomic E-state index is 0.119. The summed E-state index contributed by atoms with van der Waals surface area (Å²) < 4.78 is 37.3. The number of nitrogens with one attached hydrogen (secondary N) is 2. The van der Waals surface area contributed by atoms with Gasteiger partial charge >= 0.3 is 6.18 Å². The molecule has 2 N–H and O–H groups in total. The molecule has 0 aliphatic heterocycles. The highest BCUT2D eigenvalue weighted by atomic mass is 19.4. The molecule has 0 aliphatic carbocycles. The number of carbonyl (C=O) groups excluding carboxylic acids is 1. The average Bonchev–Trinajstić information content (AvgIpc) is 2.35. The monoisotopic (exact) mass is 276 g/mol. The molecule has 1 aromatic heterocycles. The molecule has 0 aromatic carbocycles. The SMILES string of the molecule is CNC(=O)C(C)(C)CNc1nccc(C(F)(F)F)n1. The number of halogens is 3. The quantitative estimate of drug-likeness (QED) is 0.878. The van der Waals surface area contributed by atoms with Gasteiger partial charge in [-0.1, -0.05) is 0 Å². The van der Waals surface area contributed by atoms with Crippen molar-refractivity contribution in [2.24, 2.45) is 5.41 Å². The Morgan fingerprint density at radius 2 is 2.00 bits per heavy atom. The van der Waals surface area contributed by atoms with Crippen molar-refractivity contribution in [3.05, 3.63) is 18.0 Å². The zero-order chi connectivity index (χ0) is 14.7. The van der Waals surface area contributed by atoms with Crippen molar-refractivity contribution < 1.29 is 18.0 Å². The van der Waals surface area contributed by atoms with E-state index in [0.29, 0.717) is 0 Å². The summed E-state index contributed by atoms with van der Waals surface area (Å²) in [5.74, 6) is -0.390. The number of alkyl halides is 3. The van der Waals surface area contributed by atoms with Crippen LogP contribution in [0.4, 0.5) is 19.1 Å². The van der Waals surface area contributed by atoms with Gasteiger partial charge < -0.3 is 10.6 Å². The Morgan fingerprint density at radius 1 is 1.37 bits per heavy atom. The third-order valence-electron chi connectivity index (χ3n) is 2.48. The van der Waals surface area contributed by atoms with Gasteiger partial charge in [0.1, 0.15) is 5.69 Å². The summed E-state index contributed by atoms with van der Waals surface area (Å²) in [7, 11) is 1.49. The van der Waals surface area contributed by atoms with Crippen LogP contribution in [0.25, 0.3) is 0 Å². The molecule has 0 spiro atoms. The van der Waals surface area contributed by atoms with Crippen LogP contribution in [0.5, 0.6) is 0 Å². The van der Waals surface area contributed by atoms with Crippen LogP contribution in [0.15, 0.2) is 12.3 Å². The number of rotatable bonds is 4. The molecule has 19 heavy (non-hydrogen) atoms. The molecule has 0 saturated carbocycles. The third-order valence-corrected chi connectivity index (χ3v) is 2.48. The van der Waals surface area contributed by atoms with Crippen molar-refractivity contribution in [2.75, 3.05) is 18.9 Å². The van der Waals surface area contributed by atoms with E-state index in [1.54, 1.807) is 13.8 Å². The van der Waals surface area contributed by atoms with E-state index in [1.807, 2.05) is 0 Å². The van der Waals surface area contributed by atoms with Crippen molar-refractivity contribution >= 4 is 11.9 Å². The van der Waals surface area contributed by atoms with Gasteiger partial charge in [-0.2, -0.15) is 13.2 Å². The van der Waals surface area contributed by atoms with E-state index in [4.69, 9.17) is 0 Å². The van der Waals surface area contributed by atoms with Gasteiger partial charge in [-0.3, -0.25) is 4.79 Å². The smallest absolute Gasteiger partial charge is 0.359 e. The van der Waals surface area contributed by atoms with Gasteiger partial charge in [-0.05, 0) is 19.9 Å². The Morgan fingerprint density at radius 3 is 2.53 bits per heavy atom. The number of anilines is 1. The van der Waals surface area contributed by atoms with E-state index in [1.165, 1.54) is 7.05 Å². The van der Waals surface area contributed by atoms with Gasteiger partial charge in [-0.25, -0.2) is 9.97 Å². The van der Waals surface area contributed by atoms with E-state index < -0.39 is 17.3 Å². The third kappa shape index (κ3) is 4.08. The predicted molar refractivity (Wildman–Crippen MR) is 63.4 cm³/mol. The number of amides is 1. The summed E-state index contributed by atoms with van der Waals surface area (Å²) >= 11 is 0. The fourth-order valence-corrected chi connectivity index (χ4v) is 1.32. The lowest BCUT2D eigenvalue weighted by Gasteiger charge is -2.22. The molecule has 8 heteroatoms. The van der Waals surface area contributed by atoms with Gasteiger partial charge in [-0.15, -0.1) is 0 Å². The highest BCUT2D eigenvalue weighted by Crippen LogP contribution is 2.27. The maximum Gasteiger partial charge on any atom is 0.433 e. The Balaban J connectivity index is 2.77. The Bertz CT molecular complexity index is 459. The first-order chi connectivity index (χ1) is 8.66. The molecular weight excluding hydrogens is 261 g/mol. The zero-order valence-electron chi connectivity index (χ0n) is 10.8. The summed E-state index contributed by atoms with van der Waals surface area (Å²) in [6.45, 7) is 3.44. The van der Waals surface area contributed by atoms with Gasteiger partial charge in [0.2, 0.25) is 11.9 Å². The summed E-state index contributed by atoms with van der Waals surface area (Å²) in [4.78, 5) is 18.5. The lowest BCUT2D eigenvalue weighted by atomic mass is 9.92. The maximum atomic E-state index is 12.4. The first-order valence-electron chi connectivity index (χ1n) is 5.53. The minimum atomic E-state index is -4.52. The molecule has 1 amide bonds. The van der Waals surface area contributed by atoms with Gasteiger partial charge in [0.15, 0.2) is 0 Å². The molecule has 0 fully saturated rings. The largest absolute Gasteiger partial charge is 0.433 e. The number of carbonyl (C=O) groups is 1. The first-order valence-corrected chi connectivity index (χ1v) is 5.53. The highest BCUT2D eigenvalue weighted by Gasteiger charge is 2.33. The molecule has 0 radical (unpaired) electrons. The van der Waals surface area contributed by atoms with E-state index in [0.717, 1.165) is 12.3 Å². The van der Waals surface area contributed by atoms with Crippen LogP contribution in [-0.4, -0.2) is 29.5 Å². The first kappa shape index (κ1) is 15.2. The summed E-state index contributed by atoms with van der Waals surface area (Å²) in [6, 6.07) is 0.787. The van der Waals surface area contributed by atoms with Crippen molar-refractivity contribution in [2.45, 2.75) is 20.0 Å². The molecule has 0 atom stereocenters. The van der Waals surface area contributed by atoms with Crippen molar-refractivity contribution in [1.29, 1.82) is 0 Å². The van der Waals surface area contributed by atoms with Crippen molar-refractivity contribution in [3.8, 4) is 0 Å². The molecule has 106 valence electrons. The molecule has 1 aromatic rings. The van der Waals surface area contributed by atoms with Crippen LogP contribution in [0.3, 0.4) is 0 Å². The maximum absolute atomic E-state index is 12.4. The van der Waals surface area contributed by atoms with Crippen LogP contribution in [0.1, 0.15) is 19.5 Å². The van der Waals surface area contributed by atoms with Crippen LogP contribution >= 0.6 is 0 Å². The fraction of sp³-hybridized carbons (Fsp3) is 0.545. The highest BCUT2D eigenvalue weighted by molar-refractivity contribution is 5.82. The molecule has 0 unspecified atom stereocenters. The van der Waals surface area contributed by atoms with E-state index >= 15 is 0 Å². The number of aromatic nitrogens is 2. The molecule has 1 rings (SSSR count). The molecule has 0 aliphatic rings. The van der Waals surface area contributed by atoms with Crippen molar-refractivity contribution in [3.63, 3.8) is 0 Å². The Hall–Kier alpha value is -1.86. The minimum Gasteiger partial charge on any atom is -0.359 e. The summed E-state index contributed by atoms with van der Waals surface area (Å²) in [5, 5.41) is 5.11. The lowest BCUT2D eigenvalue weighted by molar-refractivity contribution is -0.141. The topological polar surface area (TPSA) is 66.9 Å². The summed E-state index contributed by atoms with van der Waals surface area (Å²) in [5.41, 5.74) is -1.81.